The fourth-order valence-corrected chi connectivity index (χ4v) is 2.35. The van der Waals surface area contributed by atoms with Crippen molar-refractivity contribution in [1.29, 1.82) is 0 Å². The average Bonchev–Trinajstić information content (AvgIpc) is 2.28. The molecule has 4 nitrogen and oxygen atoms in total. The molecule has 1 amide bonds. The molecule has 0 aromatic carbocycles. The first kappa shape index (κ1) is 14.5. The molecule has 4 heteroatoms. The minimum atomic E-state index is 0.294. The van der Waals surface area contributed by atoms with Gasteiger partial charge in [0.15, 0.2) is 0 Å². The fourth-order valence-electron chi connectivity index (χ4n) is 2.35. The molecule has 1 N–H and O–H groups in total. The van der Waals surface area contributed by atoms with Crippen LogP contribution in [0.1, 0.15) is 33.6 Å². The van der Waals surface area contributed by atoms with Crippen LogP contribution in [0.2, 0.25) is 0 Å². The Labute approximate surface area is 105 Å². The third-order valence-electron chi connectivity index (χ3n) is 3.15. The van der Waals surface area contributed by atoms with Crippen molar-refractivity contribution in [1.82, 2.24) is 15.1 Å². The van der Waals surface area contributed by atoms with E-state index in [2.05, 4.69) is 31.0 Å². The zero-order chi connectivity index (χ0) is 12.7. The molecule has 1 atom stereocenters. The van der Waals surface area contributed by atoms with Gasteiger partial charge in [-0.2, -0.15) is 0 Å². The minimum Gasteiger partial charge on any atom is -0.342 e. The van der Waals surface area contributed by atoms with E-state index in [-0.39, 0.29) is 0 Å². The highest BCUT2D eigenvalue weighted by Crippen LogP contribution is 2.02. The SMILES string of the molecule is CCCN(CCC)C(=O)CN1CCN[C@H](C)C1. The predicted octanol–water partition coefficient (Wildman–Crippen LogP) is 0.929. The lowest BCUT2D eigenvalue weighted by atomic mass is 10.2. The first-order valence-electron chi connectivity index (χ1n) is 6.90. The highest BCUT2D eigenvalue weighted by molar-refractivity contribution is 5.78. The molecule has 0 saturated carbocycles. The van der Waals surface area contributed by atoms with Crippen LogP contribution in [0.25, 0.3) is 0 Å². The average molecular weight is 241 g/mol. The van der Waals surface area contributed by atoms with E-state index in [0.29, 0.717) is 18.5 Å². The lowest BCUT2D eigenvalue weighted by Gasteiger charge is -2.33. The van der Waals surface area contributed by atoms with Gasteiger partial charge in [-0.3, -0.25) is 9.69 Å². The van der Waals surface area contributed by atoms with Crippen LogP contribution in [-0.2, 0) is 4.79 Å². The second-order valence-corrected chi connectivity index (χ2v) is 4.97. The summed E-state index contributed by atoms with van der Waals surface area (Å²) in [6, 6.07) is 0.502. The van der Waals surface area contributed by atoms with Gasteiger partial charge < -0.3 is 10.2 Å². The molecule has 1 fully saturated rings. The van der Waals surface area contributed by atoms with Gasteiger partial charge in [-0.25, -0.2) is 0 Å². The topological polar surface area (TPSA) is 35.6 Å². The van der Waals surface area contributed by atoms with E-state index in [9.17, 15) is 4.79 Å². The van der Waals surface area contributed by atoms with Crippen LogP contribution in [0.3, 0.4) is 0 Å². The van der Waals surface area contributed by atoms with Gasteiger partial charge in [0, 0.05) is 38.8 Å². The highest BCUT2D eigenvalue weighted by Gasteiger charge is 2.20. The summed E-state index contributed by atoms with van der Waals surface area (Å²) in [7, 11) is 0. The third kappa shape index (κ3) is 5.04. The number of nitrogens with zero attached hydrogens (tertiary/aromatic N) is 2. The van der Waals surface area contributed by atoms with Crippen LogP contribution in [0.15, 0.2) is 0 Å². The van der Waals surface area contributed by atoms with Crippen LogP contribution in [0, 0.1) is 0 Å². The van der Waals surface area contributed by atoms with Crippen molar-refractivity contribution in [2.45, 2.75) is 39.7 Å². The van der Waals surface area contributed by atoms with Gasteiger partial charge in [0.25, 0.3) is 0 Å². The largest absolute Gasteiger partial charge is 0.342 e. The zero-order valence-electron chi connectivity index (χ0n) is 11.5. The third-order valence-corrected chi connectivity index (χ3v) is 3.15. The van der Waals surface area contributed by atoms with E-state index in [1.807, 2.05) is 4.90 Å². The molecule has 0 aromatic rings. The van der Waals surface area contributed by atoms with Crippen molar-refractivity contribution in [2.75, 3.05) is 39.3 Å². The number of carbonyl (C=O) groups is 1. The highest BCUT2D eigenvalue weighted by atomic mass is 16.2. The lowest BCUT2D eigenvalue weighted by molar-refractivity contribution is -0.132. The second-order valence-electron chi connectivity index (χ2n) is 4.97. The van der Waals surface area contributed by atoms with Gasteiger partial charge in [-0.15, -0.1) is 0 Å². The molecule has 0 bridgehead atoms. The molecule has 1 aliphatic rings. The molecule has 100 valence electrons. The van der Waals surface area contributed by atoms with Crippen molar-refractivity contribution in [3.05, 3.63) is 0 Å². The Balaban J connectivity index is 2.39. The number of hydrogen-bond acceptors (Lipinski definition) is 3. The summed E-state index contributed by atoms with van der Waals surface area (Å²) in [5, 5.41) is 3.40. The van der Waals surface area contributed by atoms with E-state index in [1.165, 1.54) is 0 Å². The van der Waals surface area contributed by atoms with Crippen molar-refractivity contribution in [3.8, 4) is 0 Å². The molecule has 0 unspecified atom stereocenters. The van der Waals surface area contributed by atoms with Crippen molar-refractivity contribution in [3.63, 3.8) is 0 Å². The number of rotatable bonds is 6. The Bertz CT molecular complexity index is 227. The Hall–Kier alpha value is -0.610. The molecule has 1 heterocycles. The molecular formula is C13H27N3O. The van der Waals surface area contributed by atoms with Crippen molar-refractivity contribution < 1.29 is 4.79 Å². The smallest absolute Gasteiger partial charge is 0.236 e. The van der Waals surface area contributed by atoms with Gasteiger partial charge in [-0.1, -0.05) is 13.8 Å². The van der Waals surface area contributed by atoms with Crippen LogP contribution in [-0.4, -0.2) is 61.0 Å². The molecule has 0 aliphatic carbocycles. The van der Waals surface area contributed by atoms with E-state index in [1.54, 1.807) is 0 Å². The predicted molar refractivity (Wildman–Crippen MR) is 71.1 cm³/mol. The number of hydrogen-bond donors (Lipinski definition) is 1. The van der Waals surface area contributed by atoms with Gasteiger partial charge in [0.05, 0.1) is 6.54 Å². The van der Waals surface area contributed by atoms with Crippen molar-refractivity contribution >= 4 is 5.91 Å². The zero-order valence-corrected chi connectivity index (χ0v) is 11.5. The normalized spacial score (nSPS) is 21.5. The monoisotopic (exact) mass is 241 g/mol. The van der Waals surface area contributed by atoms with Gasteiger partial charge in [0.1, 0.15) is 0 Å². The number of nitrogens with one attached hydrogen (secondary N) is 1. The molecule has 0 spiro atoms. The Morgan fingerprint density at radius 2 is 2.00 bits per heavy atom. The summed E-state index contributed by atoms with van der Waals surface area (Å²) in [5.41, 5.74) is 0. The van der Waals surface area contributed by atoms with E-state index in [0.717, 1.165) is 45.6 Å². The van der Waals surface area contributed by atoms with Crippen LogP contribution in [0.4, 0.5) is 0 Å². The van der Waals surface area contributed by atoms with Gasteiger partial charge in [0.2, 0.25) is 5.91 Å². The van der Waals surface area contributed by atoms with Crippen LogP contribution < -0.4 is 5.32 Å². The summed E-state index contributed by atoms with van der Waals surface area (Å²) in [4.78, 5) is 16.4. The molecule has 0 radical (unpaired) electrons. The number of amides is 1. The van der Waals surface area contributed by atoms with E-state index in [4.69, 9.17) is 0 Å². The van der Waals surface area contributed by atoms with Crippen molar-refractivity contribution in [2.24, 2.45) is 0 Å². The molecule has 1 saturated heterocycles. The van der Waals surface area contributed by atoms with Gasteiger partial charge >= 0.3 is 0 Å². The number of piperazine rings is 1. The summed E-state index contributed by atoms with van der Waals surface area (Å²) in [6.45, 7) is 11.8. The number of carbonyl (C=O) groups excluding carboxylic acids is 1. The quantitative estimate of drug-likeness (QED) is 0.751. The maximum Gasteiger partial charge on any atom is 0.236 e. The summed E-state index contributed by atoms with van der Waals surface area (Å²) >= 11 is 0. The minimum absolute atomic E-state index is 0.294. The maximum absolute atomic E-state index is 12.2. The standard InChI is InChI=1S/C13H27N3O/c1-4-7-16(8-5-2)13(17)11-15-9-6-14-12(3)10-15/h12,14H,4-11H2,1-3H3/t12-/m1/s1. The summed E-state index contributed by atoms with van der Waals surface area (Å²) in [5.74, 6) is 0.294. The molecular weight excluding hydrogens is 214 g/mol. The summed E-state index contributed by atoms with van der Waals surface area (Å²) < 4.78 is 0. The second kappa shape index (κ2) is 7.67. The molecule has 0 aromatic heterocycles. The van der Waals surface area contributed by atoms with Gasteiger partial charge in [-0.05, 0) is 19.8 Å². The van der Waals surface area contributed by atoms with E-state index >= 15 is 0 Å². The Morgan fingerprint density at radius 1 is 1.35 bits per heavy atom. The Morgan fingerprint density at radius 3 is 2.53 bits per heavy atom. The molecule has 1 aliphatic heterocycles. The molecule has 1 rings (SSSR count). The van der Waals surface area contributed by atoms with Crippen LogP contribution in [0.5, 0.6) is 0 Å². The maximum atomic E-state index is 12.2. The van der Waals surface area contributed by atoms with Crippen LogP contribution >= 0.6 is 0 Å². The lowest BCUT2D eigenvalue weighted by Crippen LogP contribution is -2.52. The molecule has 17 heavy (non-hydrogen) atoms. The first-order chi connectivity index (χ1) is 8.17. The Kier molecular flexibility index (Phi) is 6.52. The first-order valence-corrected chi connectivity index (χ1v) is 6.90. The summed E-state index contributed by atoms with van der Waals surface area (Å²) in [6.07, 6.45) is 2.09. The van der Waals surface area contributed by atoms with E-state index < -0.39 is 0 Å². The fraction of sp³-hybridized carbons (Fsp3) is 0.923.